The molecule has 2 heterocycles. The number of rotatable bonds is 4. The van der Waals surface area contributed by atoms with Crippen LogP contribution in [0.5, 0.6) is 0 Å². The molecule has 5 nitrogen and oxygen atoms in total. The van der Waals surface area contributed by atoms with Gasteiger partial charge in [0, 0.05) is 14.9 Å². The highest BCUT2D eigenvalue weighted by molar-refractivity contribution is 7.18. The van der Waals surface area contributed by atoms with Gasteiger partial charge >= 0.3 is 5.97 Å². The zero-order valence-electron chi connectivity index (χ0n) is 14.4. The van der Waals surface area contributed by atoms with Crippen LogP contribution in [0.15, 0.2) is 23.0 Å². The van der Waals surface area contributed by atoms with Crippen molar-refractivity contribution in [2.75, 3.05) is 0 Å². The van der Waals surface area contributed by atoms with Gasteiger partial charge in [-0.05, 0) is 44.0 Å². The van der Waals surface area contributed by atoms with Gasteiger partial charge in [-0.15, -0.1) is 11.3 Å². The first-order chi connectivity index (χ1) is 12.3. The fraction of sp³-hybridized carbons (Fsp3) is 0.278. The van der Waals surface area contributed by atoms with E-state index in [1.54, 1.807) is 25.1 Å². The molecule has 2 aromatic heterocycles. The quantitative estimate of drug-likeness (QED) is 0.629. The first-order valence-electron chi connectivity index (χ1n) is 7.89. The van der Waals surface area contributed by atoms with Crippen LogP contribution in [-0.4, -0.2) is 15.9 Å². The molecular weight excluding hydrogens is 395 g/mol. The van der Waals surface area contributed by atoms with Gasteiger partial charge in [-0.3, -0.25) is 9.59 Å². The fourth-order valence-corrected chi connectivity index (χ4v) is 4.09. The van der Waals surface area contributed by atoms with Crippen molar-refractivity contribution < 1.29 is 9.53 Å². The number of nitrogens with one attached hydrogen (secondary N) is 1. The van der Waals surface area contributed by atoms with Gasteiger partial charge in [0.15, 0.2) is 11.9 Å². The molecule has 0 unspecified atom stereocenters. The van der Waals surface area contributed by atoms with E-state index in [4.69, 9.17) is 27.9 Å². The van der Waals surface area contributed by atoms with E-state index in [1.807, 2.05) is 13.8 Å². The van der Waals surface area contributed by atoms with E-state index in [0.29, 0.717) is 31.6 Å². The van der Waals surface area contributed by atoms with Gasteiger partial charge in [-0.1, -0.05) is 29.3 Å². The van der Waals surface area contributed by atoms with Gasteiger partial charge in [0.25, 0.3) is 5.56 Å². The Labute approximate surface area is 163 Å². The fourth-order valence-electron chi connectivity index (χ4n) is 2.58. The Balaban J connectivity index is 1.79. The summed E-state index contributed by atoms with van der Waals surface area (Å²) >= 11 is 13.4. The van der Waals surface area contributed by atoms with E-state index < -0.39 is 12.1 Å². The first-order valence-corrected chi connectivity index (χ1v) is 9.47. The van der Waals surface area contributed by atoms with Gasteiger partial charge in [0.05, 0.1) is 11.8 Å². The molecule has 0 aliphatic heterocycles. The summed E-state index contributed by atoms with van der Waals surface area (Å²) in [6.45, 7) is 5.50. The summed E-state index contributed by atoms with van der Waals surface area (Å²) < 4.78 is 5.41. The topological polar surface area (TPSA) is 72.0 Å². The third-order valence-corrected chi connectivity index (χ3v) is 5.79. The molecule has 0 amide bonds. The lowest BCUT2D eigenvalue weighted by Gasteiger charge is -2.13. The Morgan fingerprint density at radius 3 is 2.77 bits per heavy atom. The highest BCUT2D eigenvalue weighted by Crippen LogP contribution is 2.27. The average Bonchev–Trinajstić information content (AvgIpc) is 2.85. The summed E-state index contributed by atoms with van der Waals surface area (Å²) in [4.78, 5) is 33.4. The van der Waals surface area contributed by atoms with E-state index in [9.17, 15) is 9.59 Å². The number of carbonyl (C=O) groups excluding carboxylic acids is 1. The van der Waals surface area contributed by atoms with E-state index in [1.165, 1.54) is 11.3 Å². The van der Waals surface area contributed by atoms with Crippen LogP contribution in [0.2, 0.25) is 10.0 Å². The standard InChI is InChI=1S/C18H16Cl2N2O3S/c1-8-10(3)26-18-15(8)17(24)21-16(22-18)9(2)25-14(23)6-11-4-5-12(19)7-13(11)20/h4-5,7,9H,6H2,1-3H3,(H,21,22,24)/t9-/m0/s1. The lowest BCUT2D eigenvalue weighted by atomic mass is 10.1. The molecule has 26 heavy (non-hydrogen) atoms. The summed E-state index contributed by atoms with van der Waals surface area (Å²) in [7, 11) is 0. The lowest BCUT2D eigenvalue weighted by Crippen LogP contribution is -2.18. The maximum absolute atomic E-state index is 12.3. The zero-order chi connectivity index (χ0) is 19.0. The third-order valence-electron chi connectivity index (χ3n) is 4.10. The minimum atomic E-state index is -0.687. The van der Waals surface area contributed by atoms with Crippen LogP contribution in [0.1, 0.15) is 34.9 Å². The molecule has 136 valence electrons. The van der Waals surface area contributed by atoms with Crippen LogP contribution in [0.3, 0.4) is 0 Å². The van der Waals surface area contributed by atoms with Gasteiger partial charge in [0.1, 0.15) is 4.83 Å². The zero-order valence-corrected chi connectivity index (χ0v) is 16.7. The number of nitrogens with zero attached hydrogens (tertiary/aromatic N) is 1. The lowest BCUT2D eigenvalue weighted by molar-refractivity contribution is -0.148. The highest BCUT2D eigenvalue weighted by Gasteiger charge is 2.19. The number of aromatic amines is 1. The van der Waals surface area contributed by atoms with Crippen molar-refractivity contribution in [2.45, 2.75) is 33.3 Å². The molecule has 0 aliphatic rings. The molecule has 0 spiro atoms. The number of esters is 1. The van der Waals surface area contributed by atoms with Crippen molar-refractivity contribution in [2.24, 2.45) is 0 Å². The third kappa shape index (κ3) is 3.77. The molecular formula is C18H16Cl2N2O3S. The van der Waals surface area contributed by atoms with Gasteiger partial charge in [-0.2, -0.15) is 0 Å². The number of H-pyrrole nitrogens is 1. The number of fused-ring (bicyclic) bond motifs is 1. The first kappa shape index (κ1) is 18.9. The number of thiophene rings is 1. The molecule has 0 bridgehead atoms. The van der Waals surface area contributed by atoms with Crippen LogP contribution in [0.4, 0.5) is 0 Å². The van der Waals surface area contributed by atoms with Crippen LogP contribution in [0, 0.1) is 13.8 Å². The number of ether oxygens (including phenoxy) is 1. The predicted molar refractivity (Wildman–Crippen MR) is 104 cm³/mol. The van der Waals surface area contributed by atoms with Crippen molar-refractivity contribution in [3.05, 3.63) is 60.4 Å². The van der Waals surface area contributed by atoms with Crippen molar-refractivity contribution in [3.63, 3.8) is 0 Å². The summed E-state index contributed by atoms with van der Waals surface area (Å²) in [6, 6.07) is 4.91. The molecule has 8 heteroatoms. The number of aromatic nitrogens is 2. The Morgan fingerprint density at radius 1 is 1.35 bits per heavy atom. The average molecular weight is 411 g/mol. The highest BCUT2D eigenvalue weighted by atomic mass is 35.5. The van der Waals surface area contributed by atoms with Crippen molar-refractivity contribution in [1.29, 1.82) is 0 Å². The van der Waals surface area contributed by atoms with E-state index in [-0.39, 0.29) is 12.0 Å². The second-order valence-corrected chi connectivity index (χ2v) is 8.01. The second-order valence-electron chi connectivity index (χ2n) is 5.96. The Kier molecular flexibility index (Phi) is 5.37. The summed E-state index contributed by atoms with van der Waals surface area (Å²) in [5, 5.41) is 1.49. The van der Waals surface area contributed by atoms with Gasteiger partial charge in [0.2, 0.25) is 0 Å². The maximum Gasteiger partial charge on any atom is 0.311 e. The largest absolute Gasteiger partial charge is 0.454 e. The molecule has 1 atom stereocenters. The van der Waals surface area contributed by atoms with Gasteiger partial charge in [-0.25, -0.2) is 4.98 Å². The smallest absolute Gasteiger partial charge is 0.311 e. The summed E-state index contributed by atoms with van der Waals surface area (Å²) in [5.74, 6) is -0.151. The molecule has 3 aromatic rings. The molecule has 3 rings (SSSR count). The number of hydrogen-bond donors (Lipinski definition) is 1. The van der Waals surface area contributed by atoms with Crippen LogP contribution >= 0.6 is 34.5 Å². The van der Waals surface area contributed by atoms with Crippen LogP contribution in [-0.2, 0) is 16.0 Å². The second kappa shape index (κ2) is 7.39. The Bertz CT molecular complexity index is 1060. The summed E-state index contributed by atoms with van der Waals surface area (Å²) in [6.07, 6.45) is -0.683. The Morgan fingerprint density at radius 2 is 2.08 bits per heavy atom. The molecule has 1 N–H and O–H groups in total. The van der Waals surface area contributed by atoms with Crippen LogP contribution in [0.25, 0.3) is 10.2 Å². The minimum Gasteiger partial charge on any atom is -0.454 e. The summed E-state index contributed by atoms with van der Waals surface area (Å²) in [5.41, 5.74) is 1.32. The monoisotopic (exact) mass is 410 g/mol. The van der Waals surface area contributed by atoms with Crippen molar-refractivity contribution in [1.82, 2.24) is 9.97 Å². The van der Waals surface area contributed by atoms with Crippen LogP contribution < -0.4 is 5.56 Å². The SMILES string of the molecule is Cc1sc2nc([C@H](C)OC(=O)Cc3ccc(Cl)cc3Cl)[nH]c(=O)c2c1C. The number of hydrogen-bond acceptors (Lipinski definition) is 5. The van der Waals surface area contributed by atoms with E-state index in [0.717, 1.165) is 10.4 Å². The number of benzene rings is 1. The molecule has 0 fully saturated rings. The minimum absolute atomic E-state index is 0.00400. The maximum atomic E-state index is 12.3. The molecule has 0 saturated heterocycles. The molecule has 1 aromatic carbocycles. The Hall–Kier alpha value is -1.89. The molecule has 0 saturated carbocycles. The van der Waals surface area contributed by atoms with E-state index in [2.05, 4.69) is 9.97 Å². The van der Waals surface area contributed by atoms with Gasteiger partial charge < -0.3 is 9.72 Å². The number of aryl methyl sites for hydroxylation is 2. The predicted octanol–water partition coefficient (Wildman–Crippen LogP) is 4.76. The number of halogens is 2. The molecule has 0 radical (unpaired) electrons. The van der Waals surface area contributed by atoms with Crippen molar-refractivity contribution >= 4 is 50.7 Å². The number of carbonyl (C=O) groups is 1. The molecule has 0 aliphatic carbocycles. The van der Waals surface area contributed by atoms with Crippen molar-refractivity contribution in [3.8, 4) is 0 Å². The van der Waals surface area contributed by atoms with E-state index >= 15 is 0 Å². The normalized spacial score (nSPS) is 12.3.